The van der Waals surface area contributed by atoms with E-state index in [2.05, 4.69) is 25.0 Å². The number of anilines is 1. The Hall–Kier alpha value is -4.22. The minimum Gasteiger partial charge on any atom is -0.486 e. The number of methoxy groups -OCH3 is 1. The molecule has 1 fully saturated rings. The van der Waals surface area contributed by atoms with Gasteiger partial charge in [-0.2, -0.15) is 18.3 Å². The summed E-state index contributed by atoms with van der Waals surface area (Å²) in [5.41, 5.74) is 2.59. The van der Waals surface area contributed by atoms with Crippen LogP contribution in [0.15, 0.2) is 42.9 Å². The molecular weight excluding hydrogens is 499 g/mol. The maximum atomic E-state index is 13.1. The predicted octanol–water partition coefficient (Wildman–Crippen LogP) is 4.73. The van der Waals surface area contributed by atoms with Crippen LogP contribution < -0.4 is 14.4 Å². The summed E-state index contributed by atoms with van der Waals surface area (Å²) in [5, 5.41) is 3.73. The summed E-state index contributed by atoms with van der Waals surface area (Å²) in [4.78, 5) is 20.2. The molecule has 0 bridgehead atoms. The minimum absolute atomic E-state index is 0.345. The van der Waals surface area contributed by atoms with E-state index in [1.807, 2.05) is 12.1 Å². The summed E-state index contributed by atoms with van der Waals surface area (Å²) < 4.78 is 51.8. The molecule has 9 nitrogen and oxygen atoms in total. The summed E-state index contributed by atoms with van der Waals surface area (Å²) in [7, 11) is 1.56. The Bertz CT molecular complexity index is 1480. The van der Waals surface area contributed by atoms with Gasteiger partial charge in [0, 0.05) is 18.2 Å². The van der Waals surface area contributed by atoms with Gasteiger partial charge in [-0.1, -0.05) is 12.1 Å². The van der Waals surface area contributed by atoms with E-state index in [4.69, 9.17) is 14.5 Å². The van der Waals surface area contributed by atoms with Crippen molar-refractivity contribution in [2.45, 2.75) is 38.4 Å². The number of hydrogen-bond donors (Lipinski definition) is 0. The molecule has 1 aromatic carbocycles. The van der Waals surface area contributed by atoms with Gasteiger partial charge in [-0.05, 0) is 43.5 Å². The summed E-state index contributed by atoms with van der Waals surface area (Å²) in [6.07, 6.45) is 0.782. The second kappa shape index (κ2) is 9.26. The molecule has 0 spiro atoms. The van der Waals surface area contributed by atoms with Crippen LogP contribution in [0.4, 0.5) is 19.0 Å². The Kier molecular flexibility index (Phi) is 5.88. The number of alkyl halides is 3. The summed E-state index contributed by atoms with van der Waals surface area (Å²) >= 11 is 0. The van der Waals surface area contributed by atoms with Crippen molar-refractivity contribution in [3.05, 3.63) is 65.5 Å². The average Bonchev–Trinajstić information content (AvgIpc) is 3.69. The first kappa shape index (κ1) is 24.1. The Balaban J connectivity index is 1.28. The largest absolute Gasteiger partial charge is 0.486 e. The van der Waals surface area contributed by atoms with Gasteiger partial charge in [0.05, 0.1) is 31.2 Å². The molecule has 196 valence electrons. The molecule has 3 aromatic heterocycles. The summed E-state index contributed by atoms with van der Waals surface area (Å²) in [6.45, 7) is 3.21. The van der Waals surface area contributed by atoms with Crippen LogP contribution in [-0.4, -0.2) is 50.0 Å². The van der Waals surface area contributed by atoms with Crippen LogP contribution >= 0.6 is 0 Å². The second-order valence-corrected chi connectivity index (χ2v) is 9.32. The number of benzene rings is 1. The van der Waals surface area contributed by atoms with Gasteiger partial charge in [-0.3, -0.25) is 0 Å². The zero-order chi connectivity index (χ0) is 26.4. The fraction of sp³-hybridized carbons (Fsp3) is 0.346. The van der Waals surface area contributed by atoms with E-state index in [1.54, 1.807) is 32.4 Å². The van der Waals surface area contributed by atoms with Gasteiger partial charge in [0.25, 0.3) is 0 Å². The Morgan fingerprint density at radius 3 is 2.58 bits per heavy atom. The average molecular weight is 524 g/mol. The number of aryl methyl sites for hydroxylation is 1. The molecular formula is C26H24F3N7O2. The molecule has 0 saturated heterocycles. The SMILES string of the molecule is COc1ncnc(C2CC2)c1-c1ncc2c(n1)N(Cc1ccc(-n3nc(C(F)(F)F)cc3C)cc1)CCO2. The zero-order valence-corrected chi connectivity index (χ0v) is 20.7. The first-order valence-electron chi connectivity index (χ1n) is 12.2. The van der Waals surface area contributed by atoms with Crippen molar-refractivity contribution in [1.29, 1.82) is 0 Å². The molecule has 0 amide bonds. The molecule has 12 heteroatoms. The van der Waals surface area contributed by atoms with Crippen molar-refractivity contribution >= 4 is 5.82 Å². The number of rotatable bonds is 6. The van der Waals surface area contributed by atoms with Gasteiger partial charge in [0.15, 0.2) is 23.1 Å². The lowest BCUT2D eigenvalue weighted by Gasteiger charge is -2.30. The van der Waals surface area contributed by atoms with Crippen LogP contribution in [-0.2, 0) is 12.7 Å². The molecule has 1 aliphatic carbocycles. The molecule has 0 atom stereocenters. The number of halogens is 3. The Morgan fingerprint density at radius 1 is 1.11 bits per heavy atom. The quantitative estimate of drug-likeness (QED) is 0.358. The molecule has 38 heavy (non-hydrogen) atoms. The maximum absolute atomic E-state index is 13.1. The van der Waals surface area contributed by atoms with Crippen molar-refractivity contribution in [3.63, 3.8) is 0 Å². The molecule has 4 heterocycles. The van der Waals surface area contributed by atoms with Crippen molar-refractivity contribution in [2.24, 2.45) is 0 Å². The highest BCUT2D eigenvalue weighted by atomic mass is 19.4. The van der Waals surface area contributed by atoms with Gasteiger partial charge in [-0.15, -0.1) is 0 Å². The molecule has 1 aliphatic heterocycles. The van der Waals surface area contributed by atoms with E-state index in [0.29, 0.717) is 65.8 Å². The zero-order valence-electron chi connectivity index (χ0n) is 20.7. The lowest BCUT2D eigenvalue weighted by Crippen LogP contribution is -2.33. The third-order valence-electron chi connectivity index (χ3n) is 6.61. The van der Waals surface area contributed by atoms with E-state index in [1.165, 1.54) is 11.0 Å². The molecule has 0 radical (unpaired) electrons. The number of nitrogens with zero attached hydrogens (tertiary/aromatic N) is 7. The fourth-order valence-corrected chi connectivity index (χ4v) is 4.59. The molecule has 4 aromatic rings. The highest BCUT2D eigenvalue weighted by Gasteiger charge is 2.35. The van der Waals surface area contributed by atoms with Crippen molar-refractivity contribution in [1.82, 2.24) is 29.7 Å². The van der Waals surface area contributed by atoms with Crippen LogP contribution in [0.5, 0.6) is 11.6 Å². The summed E-state index contributed by atoms with van der Waals surface area (Å²) in [6, 6.07) is 8.31. The monoisotopic (exact) mass is 523 g/mol. The van der Waals surface area contributed by atoms with Crippen LogP contribution in [0, 0.1) is 6.92 Å². The maximum Gasteiger partial charge on any atom is 0.435 e. The number of aromatic nitrogens is 6. The van der Waals surface area contributed by atoms with Gasteiger partial charge in [-0.25, -0.2) is 24.6 Å². The first-order valence-corrected chi connectivity index (χ1v) is 12.2. The first-order chi connectivity index (χ1) is 18.3. The van der Waals surface area contributed by atoms with Gasteiger partial charge < -0.3 is 14.4 Å². The van der Waals surface area contributed by atoms with E-state index in [9.17, 15) is 13.2 Å². The number of ether oxygens (including phenoxy) is 2. The molecule has 2 aliphatic rings. The van der Waals surface area contributed by atoms with E-state index in [0.717, 1.165) is 30.2 Å². The molecule has 0 unspecified atom stereocenters. The fourth-order valence-electron chi connectivity index (χ4n) is 4.59. The standard InChI is InChI=1S/C26H24F3N7O2/c1-15-11-20(26(27,28)29)34-36(15)18-7-3-16(4-8-18)13-35-9-10-38-19-12-30-23(33-24(19)35)21-22(17-5-6-17)31-14-32-25(21)37-2/h3-4,7-8,11-12,14,17H,5-6,9-10,13H2,1-2H3. The van der Waals surface area contributed by atoms with Gasteiger partial charge >= 0.3 is 6.18 Å². The Morgan fingerprint density at radius 2 is 1.89 bits per heavy atom. The van der Waals surface area contributed by atoms with E-state index >= 15 is 0 Å². The minimum atomic E-state index is -4.49. The van der Waals surface area contributed by atoms with Gasteiger partial charge in [0.2, 0.25) is 5.88 Å². The topological polar surface area (TPSA) is 91.1 Å². The number of fused-ring (bicyclic) bond motifs is 1. The van der Waals surface area contributed by atoms with Gasteiger partial charge in [0.1, 0.15) is 18.5 Å². The van der Waals surface area contributed by atoms with Crippen LogP contribution in [0.2, 0.25) is 0 Å². The third kappa shape index (κ3) is 4.50. The molecule has 1 saturated carbocycles. The van der Waals surface area contributed by atoms with E-state index in [-0.39, 0.29) is 0 Å². The lowest BCUT2D eigenvalue weighted by molar-refractivity contribution is -0.141. The number of hydrogen-bond acceptors (Lipinski definition) is 8. The van der Waals surface area contributed by atoms with Crippen LogP contribution in [0.3, 0.4) is 0 Å². The highest BCUT2D eigenvalue weighted by molar-refractivity contribution is 5.69. The third-order valence-corrected chi connectivity index (χ3v) is 6.61. The smallest absolute Gasteiger partial charge is 0.435 e. The van der Waals surface area contributed by atoms with Crippen molar-refractivity contribution in [3.8, 4) is 28.7 Å². The highest BCUT2D eigenvalue weighted by Crippen LogP contribution is 2.45. The predicted molar refractivity (Wildman–Crippen MR) is 131 cm³/mol. The summed E-state index contributed by atoms with van der Waals surface area (Å²) in [5.74, 6) is 2.48. The Labute approximate surface area is 216 Å². The van der Waals surface area contributed by atoms with Crippen molar-refractivity contribution < 1.29 is 22.6 Å². The van der Waals surface area contributed by atoms with Crippen LogP contribution in [0.25, 0.3) is 17.1 Å². The lowest BCUT2D eigenvalue weighted by atomic mass is 10.1. The normalized spacial score (nSPS) is 15.2. The van der Waals surface area contributed by atoms with E-state index < -0.39 is 11.9 Å². The van der Waals surface area contributed by atoms with Crippen LogP contribution in [0.1, 0.15) is 41.4 Å². The molecule has 6 rings (SSSR count). The molecule has 0 N–H and O–H groups in total. The second-order valence-electron chi connectivity index (χ2n) is 9.32. The van der Waals surface area contributed by atoms with Crippen molar-refractivity contribution in [2.75, 3.05) is 25.2 Å².